The van der Waals surface area contributed by atoms with Crippen LogP contribution in [0.25, 0.3) is 0 Å². The molecule has 1 aromatic carbocycles. The van der Waals surface area contributed by atoms with E-state index in [0.29, 0.717) is 12.5 Å². The van der Waals surface area contributed by atoms with E-state index in [1.54, 1.807) is 18.4 Å². The summed E-state index contributed by atoms with van der Waals surface area (Å²) in [6, 6.07) is 12.5. The summed E-state index contributed by atoms with van der Waals surface area (Å²) in [5.74, 6) is 0.387. The monoisotopic (exact) mass is 538 g/mol. The van der Waals surface area contributed by atoms with Gasteiger partial charge in [0.2, 0.25) is 0 Å². The van der Waals surface area contributed by atoms with Crippen molar-refractivity contribution in [1.29, 1.82) is 0 Å². The van der Waals surface area contributed by atoms with Crippen LogP contribution in [0.2, 0.25) is 0 Å². The molecule has 1 aliphatic heterocycles. The average Bonchev–Trinajstić information content (AvgIpc) is 3.14. The van der Waals surface area contributed by atoms with Crippen LogP contribution in [-0.2, 0) is 13.0 Å². The van der Waals surface area contributed by atoms with Gasteiger partial charge in [-0.3, -0.25) is 9.89 Å². The number of hydrogen-bond acceptors (Lipinski definition) is 3. The summed E-state index contributed by atoms with van der Waals surface area (Å²) >= 11 is 1.80. The Kier molecular flexibility index (Phi) is 9.22. The highest BCUT2D eigenvalue weighted by molar-refractivity contribution is 14.0. The molecule has 9 heteroatoms. The predicted molar refractivity (Wildman–Crippen MR) is 123 cm³/mol. The average molecular weight is 538 g/mol. The Labute approximate surface area is 190 Å². The maximum Gasteiger partial charge on any atom is 0.390 e. The first-order valence-corrected chi connectivity index (χ1v) is 10.2. The quantitative estimate of drug-likeness (QED) is 0.322. The van der Waals surface area contributed by atoms with Crippen LogP contribution in [0.15, 0.2) is 46.8 Å². The normalized spacial score (nSPS) is 15.9. The topological polar surface area (TPSA) is 39.7 Å². The Hall–Kier alpha value is -1.33. The van der Waals surface area contributed by atoms with Gasteiger partial charge in [0.25, 0.3) is 0 Å². The van der Waals surface area contributed by atoms with Crippen molar-refractivity contribution in [3.05, 3.63) is 57.8 Å². The van der Waals surface area contributed by atoms with Gasteiger partial charge in [-0.15, -0.1) is 35.3 Å². The van der Waals surface area contributed by atoms with Gasteiger partial charge >= 0.3 is 6.18 Å². The minimum Gasteiger partial charge on any atom is -0.356 e. The molecule has 2 N–H and O–H groups in total. The molecule has 1 aliphatic rings. The second kappa shape index (κ2) is 11.2. The summed E-state index contributed by atoms with van der Waals surface area (Å²) in [5.41, 5.74) is 2.55. The molecule has 4 nitrogen and oxygen atoms in total. The molecule has 1 aromatic heterocycles. The Bertz CT molecular complexity index is 780. The molecule has 3 rings (SSSR count). The summed E-state index contributed by atoms with van der Waals surface area (Å²) in [7, 11) is 1.57. The maximum absolute atomic E-state index is 12.4. The lowest BCUT2D eigenvalue weighted by atomic mass is 10.0. The smallest absolute Gasteiger partial charge is 0.356 e. The fraction of sp³-hybridized carbons (Fsp3) is 0.450. The number of nitrogens with zero attached hydrogens (tertiary/aromatic N) is 2. The fourth-order valence-electron chi connectivity index (χ4n) is 3.41. The molecule has 0 amide bonds. The maximum atomic E-state index is 12.4. The van der Waals surface area contributed by atoms with E-state index >= 15 is 0 Å². The number of hydrogen-bond donors (Lipinski definition) is 2. The number of fused-ring (bicyclic) bond motifs is 1. The number of guanidine groups is 1. The Morgan fingerprint density at radius 2 is 1.97 bits per heavy atom. The highest BCUT2D eigenvalue weighted by Gasteiger charge is 2.27. The number of halogens is 4. The van der Waals surface area contributed by atoms with Crippen molar-refractivity contribution in [3.8, 4) is 0 Å². The highest BCUT2D eigenvalue weighted by Crippen LogP contribution is 2.30. The van der Waals surface area contributed by atoms with Gasteiger partial charge in [0.05, 0.1) is 12.5 Å². The number of aliphatic imine (C=N–C) groups is 1. The summed E-state index contributed by atoms with van der Waals surface area (Å²) < 4.78 is 37.1. The first-order valence-electron chi connectivity index (χ1n) is 9.32. The molecule has 2 aromatic rings. The predicted octanol–water partition coefficient (Wildman–Crippen LogP) is 4.58. The molecule has 1 atom stereocenters. The van der Waals surface area contributed by atoms with Gasteiger partial charge in [-0.1, -0.05) is 30.3 Å². The molecule has 2 heterocycles. The van der Waals surface area contributed by atoms with E-state index in [9.17, 15) is 13.2 Å². The fourth-order valence-corrected chi connectivity index (χ4v) is 4.30. The van der Waals surface area contributed by atoms with Gasteiger partial charge < -0.3 is 10.6 Å². The standard InChI is InChI=1S/C20H25F3N4S.HI/c1-24-19(25-10-9-20(21,22)23)26-13-17(15-5-3-2-4-6-15)27-11-7-18-16(14-27)8-12-28-18;/h2-6,8,12,17H,7,9-11,13-14H2,1H3,(H2,24,25,26);1H. The minimum absolute atomic E-state index is 0. The van der Waals surface area contributed by atoms with Gasteiger partial charge in [0.15, 0.2) is 5.96 Å². The lowest BCUT2D eigenvalue weighted by Gasteiger charge is -2.35. The van der Waals surface area contributed by atoms with E-state index in [1.165, 1.54) is 16.0 Å². The zero-order chi connectivity index (χ0) is 20.0. The molecule has 0 saturated heterocycles. The van der Waals surface area contributed by atoms with Crippen LogP contribution >= 0.6 is 35.3 Å². The van der Waals surface area contributed by atoms with E-state index in [-0.39, 0.29) is 36.6 Å². The SMILES string of the molecule is CN=C(NCCC(F)(F)F)NCC(c1ccccc1)N1CCc2sccc2C1.I. The third-order valence-electron chi connectivity index (χ3n) is 4.85. The zero-order valence-electron chi connectivity index (χ0n) is 16.2. The minimum atomic E-state index is -4.18. The molecule has 29 heavy (non-hydrogen) atoms. The molecule has 160 valence electrons. The van der Waals surface area contributed by atoms with Gasteiger partial charge in [0.1, 0.15) is 0 Å². The van der Waals surface area contributed by atoms with E-state index in [4.69, 9.17) is 0 Å². The molecular weight excluding hydrogens is 512 g/mol. The number of alkyl halides is 3. The molecular formula is C20H26F3IN4S. The number of benzene rings is 1. The van der Waals surface area contributed by atoms with E-state index in [1.807, 2.05) is 18.2 Å². The number of nitrogens with one attached hydrogen (secondary N) is 2. The highest BCUT2D eigenvalue weighted by atomic mass is 127. The molecule has 1 unspecified atom stereocenters. The van der Waals surface area contributed by atoms with Gasteiger partial charge in [-0.25, -0.2) is 0 Å². The second-order valence-corrected chi connectivity index (χ2v) is 7.76. The second-order valence-electron chi connectivity index (χ2n) is 6.76. The third-order valence-corrected chi connectivity index (χ3v) is 5.87. The summed E-state index contributed by atoms with van der Waals surface area (Å²) in [6.45, 7) is 2.20. The van der Waals surface area contributed by atoms with Crippen molar-refractivity contribution >= 4 is 41.3 Å². The van der Waals surface area contributed by atoms with Crippen molar-refractivity contribution in [3.63, 3.8) is 0 Å². The van der Waals surface area contributed by atoms with E-state index in [0.717, 1.165) is 19.5 Å². The van der Waals surface area contributed by atoms with Crippen LogP contribution in [0, 0.1) is 0 Å². The van der Waals surface area contributed by atoms with Crippen molar-refractivity contribution < 1.29 is 13.2 Å². The van der Waals surface area contributed by atoms with Crippen molar-refractivity contribution in [1.82, 2.24) is 15.5 Å². The van der Waals surface area contributed by atoms with Gasteiger partial charge in [0, 0.05) is 38.1 Å². The van der Waals surface area contributed by atoms with Crippen LogP contribution in [0.5, 0.6) is 0 Å². The summed E-state index contributed by atoms with van der Waals surface area (Å²) in [4.78, 5) is 7.92. The van der Waals surface area contributed by atoms with Gasteiger partial charge in [-0.2, -0.15) is 13.2 Å². The number of rotatable bonds is 6. The first kappa shape index (κ1) is 23.9. The van der Waals surface area contributed by atoms with Crippen molar-refractivity contribution in [2.24, 2.45) is 4.99 Å². The van der Waals surface area contributed by atoms with Gasteiger partial charge in [-0.05, 0) is 29.0 Å². The van der Waals surface area contributed by atoms with Crippen LogP contribution in [0.1, 0.15) is 28.5 Å². The lowest BCUT2D eigenvalue weighted by molar-refractivity contribution is -0.132. The zero-order valence-corrected chi connectivity index (χ0v) is 19.4. The van der Waals surface area contributed by atoms with Crippen LogP contribution in [0.4, 0.5) is 13.2 Å². The van der Waals surface area contributed by atoms with E-state index in [2.05, 4.69) is 44.1 Å². The molecule has 0 radical (unpaired) electrons. The van der Waals surface area contributed by atoms with Crippen LogP contribution < -0.4 is 10.6 Å². The first-order chi connectivity index (χ1) is 13.5. The Morgan fingerprint density at radius 1 is 1.21 bits per heavy atom. The summed E-state index contributed by atoms with van der Waals surface area (Å²) in [6.07, 6.45) is -4.04. The Morgan fingerprint density at radius 3 is 2.66 bits per heavy atom. The summed E-state index contributed by atoms with van der Waals surface area (Å²) in [5, 5.41) is 8.09. The molecule has 0 aliphatic carbocycles. The number of thiophene rings is 1. The molecule has 0 spiro atoms. The van der Waals surface area contributed by atoms with Crippen LogP contribution in [-0.4, -0.2) is 43.7 Å². The Balaban J connectivity index is 0.00000300. The molecule has 0 bridgehead atoms. The molecule has 0 fully saturated rings. The van der Waals surface area contributed by atoms with Crippen molar-refractivity contribution in [2.45, 2.75) is 31.6 Å². The largest absolute Gasteiger partial charge is 0.390 e. The van der Waals surface area contributed by atoms with E-state index < -0.39 is 12.6 Å². The lowest BCUT2D eigenvalue weighted by Crippen LogP contribution is -2.44. The third kappa shape index (κ3) is 7.14. The molecule has 0 saturated carbocycles. The van der Waals surface area contributed by atoms with Crippen molar-refractivity contribution in [2.75, 3.05) is 26.7 Å². The van der Waals surface area contributed by atoms with Crippen LogP contribution in [0.3, 0.4) is 0 Å².